The molecule has 0 saturated carbocycles. The van der Waals surface area contributed by atoms with Crippen LogP contribution >= 0.6 is 11.3 Å². The lowest BCUT2D eigenvalue weighted by Gasteiger charge is -1.97. The van der Waals surface area contributed by atoms with Crippen LogP contribution in [-0.2, 0) is 6.42 Å². The molecule has 0 bridgehead atoms. The highest BCUT2D eigenvalue weighted by atomic mass is 32.1. The minimum Gasteiger partial charge on any atom is -0.399 e. The van der Waals surface area contributed by atoms with E-state index in [4.69, 9.17) is 5.73 Å². The predicted octanol–water partition coefficient (Wildman–Crippen LogP) is 1.31. The van der Waals surface area contributed by atoms with Crippen LogP contribution in [0.15, 0.2) is 23.0 Å². The number of fused-ring (bicyclic) bond motifs is 1. The van der Waals surface area contributed by atoms with E-state index in [1.807, 2.05) is 6.92 Å². The summed E-state index contributed by atoms with van der Waals surface area (Å²) in [5.41, 5.74) is 7.54. The fourth-order valence-electron chi connectivity index (χ4n) is 1.80. The normalized spacial score (nSPS) is 11.2. The van der Waals surface area contributed by atoms with Crippen LogP contribution in [0, 0.1) is 0 Å². The second kappa shape index (κ2) is 3.95. The third-order valence-corrected chi connectivity index (χ3v) is 3.71. The average Bonchev–Trinajstić information content (AvgIpc) is 2.91. The highest BCUT2D eigenvalue weighted by molar-refractivity contribution is 7.13. The van der Waals surface area contributed by atoms with Crippen LogP contribution in [0.2, 0.25) is 0 Å². The molecule has 0 unspecified atom stereocenters. The van der Waals surface area contributed by atoms with E-state index in [-0.39, 0.29) is 5.69 Å². The molecular formula is C11H11N5OS. The number of hydrogen-bond acceptors (Lipinski definition) is 5. The summed E-state index contributed by atoms with van der Waals surface area (Å²) in [6.45, 7) is 2.00. The number of hydrogen-bond donors (Lipinski definition) is 2. The van der Waals surface area contributed by atoms with E-state index in [1.54, 1.807) is 18.2 Å². The maximum atomic E-state index is 12.0. The molecule has 3 rings (SSSR count). The number of nitrogen functional groups attached to an aromatic ring is 1. The second-order valence-corrected chi connectivity index (χ2v) is 4.91. The molecule has 2 heterocycles. The molecule has 3 aromatic rings. The molecule has 3 N–H and O–H groups in total. The Hall–Kier alpha value is -2.15. The molecule has 1 aromatic carbocycles. The molecule has 18 heavy (non-hydrogen) atoms. The van der Waals surface area contributed by atoms with E-state index in [1.165, 1.54) is 15.9 Å². The Morgan fingerprint density at radius 1 is 1.44 bits per heavy atom. The summed E-state index contributed by atoms with van der Waals surface area (Å²) in [5.74, 6) is 0. The van der Waals surface area contributed by atoms with Crippen molar-refractivity contribution in [1.29, 1.82) is 0 Å². The SMILES string of the molecule is CCc1nnc(-n2c(=O)[nH]c3cc(N)ccc32)s1. The van der Waals surface area contributed by atoms with Crippen LogP contribution in [0.4, 0.5) is 5.69 Å². The first kappa shape index (κ1) is 11.0. The van der Waals surface area contributed by atoms with Gasteiger partial charge in [0.1, 0.15) is 5.01 Å². The Bertz CT molecular complexity index is 769. The lowest BCUT2D eigenvalue weighted by molar-refractivity contribution is 0.920. The van der Waals surface area contributed by atoms with Gasteiger partial charge in [-0.3, -0.25) is 0 Å². The van der Waals surface area contributed by atoms with E-state index in [2.05, 4.69) is 15.2 Å². The molecule has 0 aliphatic rings. The number of aryl methyl sites for hydroxylation is 1. The van der Waals surface area contributed by atoms with E-state index >= 15 is 0 Å². The summed E-state index contributed by atoms with van der Waals surface area (Å²) in [4.78, 5) is 14.7. The van der Waals surface area contributed by atoms with E-state index in [0.717, 1.165) is 16.9 Å². The van der Waals surface area contributed by atoms with Crippen molar-refractivity contribution in [3.8, 4) is 5.13 Å². The smallest absolute Gasteiger partial charge is 0.332 e. The molecule has 0 saturated heterocycles. The van der Waals surface area contributed by atoms with Gasteiger partial charge in [-0.05, 0) is 24.6 Å². The van der Waals surface area contributed by atoms with Crippen molar-refractivity contribution in [3.63, 3.8) is 0 Å². The zero-order chi connectivity index (χ0) is 12.7. The molecule has 0 atom stereocenters. The number of nitrogens with zero attached hydrogens (tertiary/aromatic N) is 3. The van der Waals surface area contributed by atoms with Crippen molar-refractivity contribution in [2.75, 3.05) is 5.73 Å². The molecule has 0 aliphatic heterocycles. The van der Waals surface area contributed by atoms with Gasteiger partial charge in [0.2, 0.25) is 5.13 Å². The lowest BCUT2D eigenvalue weighted by atomic mass is 10.3. The largest absolute Gasteiger partial charge is 0.399 e. The van der Waals surface area contributed by atoms with Gasteiger partial charge in [-0.2, -0.15) is 0 Å². The number of aromatic amines is 1. The highest BCUT2D eigenvalue weighted by Gasteiger charge is 2.12. The number of nitrogens with one attached hydrogen (secondary N) is 1. The number of nitrogens with two attached hydrogens (primary N) is 1. The number of anilines is 1. The molecule has 0 amide bonds. The molecule has 7 heteroatoms. The summed E-state index contributed by atoms with van der Waals surface area (Å²) in [6, 6.07) is 5.29. The first-order valence-corrected chi connectivity index (χ1v) is 6.33. The van der Waals surface area contributed by atoms with E-state index in [0.29, 0.717) is 16.3 Å². The quantitative estimate of drug-likeness (QED) is 0.681. The van der Waals surface area contributed by atoms with Gasteiger partial charge in [0.15, 0.2) is 0 Å². The Morgan fingerprint density at radius 2 is 2.28 bits per heavy atom. The Balaban J connectivity index is 2.28. The molecule has 92 valence electrons. The van der Waals surface area contributed by atoms with Crippen LogP contribution in [0.5, 0.6) is 0 Å². The van der Waals surface area contributed by atoms with Gasteiger partial charge >= 0.3 is 5.69 Å². The lowest BCUT2D eigenvalue weighted by Crippen LogP contribution is -2.14. The number of imidazole rings is 1. The Kier molecular flexibility index (Phi) is 2.41. The summed E-state index contributed by atoms with van der Waals surface area (Å²) in [6.07, 6.45) is 0.807. The molecular weight excluding hydrogens is 250 g/mol. The first-order chi connectivity index (χ1) is 8.69. The zero-order valence-corrected chi connectivity index (χ0v) is 10.5. The van der Waals surface area contributed by atoms with Gasteiger partial charge in [-0.1, -0.05) is 18.3 Å². The molecule has 0 fully saturated rings. The monoisotopic (exact) mass is 261 g/mol. The molecule has 0 aliphatic carbocycles. The number of rotatable bonds is 2. The van der Waals surface area contributed by atoms with Gasteiger partial charge in [0.25, 0.3) is 0 Å². The van der Waals surface area contributed by atoms with E-state index < -0.39 is 0 Å². The fraction of sp³-hybridized carbons (Fsp3) is 0.182. The maximum Gasteiger partial charge on any atom is 0.332 e. The first-order valence-electron chi connectivity index (χ1n) is 5.52. The van der Waals surface area contributed by atoms with Crippen molar-refractivity contribution in [3.05, 3.63) is 33.7 Å². The summed E-state index contributed by atoms with van der Waals surface area (Å²) >= 11 is 1.41. The summed E-state index contributed by atoms with van der Waals surface area (Å²) in [7, 11) is 0. The van der Waals surface area contributed by atoms with Gasteiger partial charge in [0.05, 0.1) is 11.0 Å². The van der Waals surface area contributed by atoms with Gasteiger partial charge in [-0.25, -0.2) is 9.36 Å². The van der Waals surface area contributed by atoms with Crippen molar-refractivity contribution in [1.82, 2.24) is 19.7 Å². The number of aromatic nitrogens is 4. The Morgan fingerprint density at radius 3 is 3.00 bits per heavy atom. The van der Waals surface area contributed by atoms with Crippen molar-refractivity contribution in [2.45, 2.75) is 13.3 Å². The van der Waals surface area contributed by atoms with Crippen LogP contribution in [-0.4, -0.2) is 19.7 Å². The molecule has 0 spiro atoms. The standard InChI is InChI=1S/C11H11N5OS/c1-2-9-14-15-11(18-9)16-8-4-3-6(12)5-7(8)13-10(16)17/h3-5H,2,12H2,1H3,(H,13,17). The van der Waals surface area contributed by atoms with Crippen LogP contribution < -0.4 is 11.4 Å². The predicted molar refractivity (Wildman–Crippen MR) is 71.2 cm³/mol. The third kappa shape index (κ3) is 1.60. The molecule has 2 aromatic heterocycles. The summed E-state index contributed by atoms with van der Waals surface area (Å²) in [5, 5.41) is 9.55. The fourth-order valence-corrected chi connectivity index (χ4v) is 2.59. The topological polar surface area (TPSA) is 89.6 Å². The summed E-state index contributed by atoms with van der Waals surface area (Å²) < 4.78 is 1.52. The van der Waals surface area contributed by atoms with Gasteiger partial charge in [0, 0.05) is 5.69 Å². The minimum absolute atomic E-state index is 0.227. The van der Waals surface area contributed by atoms with Crippen molar-refractivity contribution in [2.24, 2.45) is 0 Å². The maximum absolute atomic E-state index is 12.0. The number of H-pyrrole nitrogens is 1. The van der Waals surface area contributed by atoms with Crippen molar-refractivity contribution < 1.29 is 0 Å². The van der Waals surface area contributed by atoms with Gasteiger partial charge in [-0.15, -0.1) is 10.2 Å². The van der Waals surface area contributed by atoms with E-state index in [9.17, 15) is 4.79 Å². The van der Waals surface area contributed by atoms with Crippen LogP contribution in [0.25, 0.3) is 16.2 Å². The van der Waals surface area contributed by atoms with Crippen LogP contribution in [0.3, 0.4) is 0 Å². The van der Waals surface area contributed by atoms with Crippen LogP contribution in [0.1, 0.15) is 11.9 Å². The zero-order valence-electron chi connectivity index (χ0n) is 9.67. The third-order valence-electron chi connectivity index (χ3n) is 2.66. The highest BCUT2D eigenvalue weighted by Crippen LogP contribution is 2.20. The molecule has 6 nitrogen and oxygen atoms in total. The van der Waals surface area contributed by atoms with Gasteiger partial charge < -0.3 is 10.7 Å². The Labute approximate surface area is 106 Å². The average molecular weight is 261 g/mol. The molecule has 0 radical (unpaired) electrons. The minimum atomic E-state index is -0.227. The second-order valence-electron chi connectivity index (χ2n) is 3.87. The number of benzene rings is 1. The van der Waals surface area contributed by atoms with Crippen molar-refractivity contribution >= 4 is 28.1 Å².